The molecule has 2 heterocycles. The Morgan fingerprint density at radius 3 is 2.64 bits per heavy atom. The van der Waals surface area contributed by atoms with Gasteiger partial charge in [-0.2, -0.15) is 0 Å². The molecule has 3 rings (SSSR count). The zero-order valence-corrected chi connectivity index (χ0v) is 12.6. The summed E-state index contributed by atoms with van der Waals surface area (Å²) in [5, 5.41) is 2.77. The topological polar surface area (TPSA) is 78.7 Å². The lowest BCUT2D eigenvalue weighted by Gasteiger charge is -2.35. The van der Waals surface area contributed by atoms with Gasteiger partial charge in [-0.05, 0) is 43.5 Å². The Morgan fingerprint density at radius 2 is 2.00 bits per heavy atom. The molecule has 0 aliphatic carbocycles. The van der Waals surface area contributed by atoms with E-state index in [1.54, 1.807) is 17.0 Å². The minimum absolute atomic E-state index is 0.0348. The molecule has 3 amide bonds. The van der Waals surface area contributed by atoms with Crippen LogP contribution in [0, 0.1) is 0 Å². The highest BCUT2D eigenvalue weighted by Crippen LogP contribution is 2.21. The number of benzene rings is 1. The van der Waals surface area contributed by atoms with Crippen molar-refractivity contribution in [3.63, 3.8) is 0 Å². The van der Waals surface area contributed by atoms with Crippen LogP contribution in [-0.2, 0) is 0 Å². The average molecular weight is 302 g/mol. The van der Waals surface area contributed by atoms with E-state index < -0.39 is 0 Å². The van der Waals surface area contributed by atoms with E-state index in [2.05, 4.69) is 5.32 Å². The third-order valence-corrected chi connectivity index (χ3v) is 4.44. The Bertz CT molecular complexity index is 558. The van der Waals surface area contributed by atoms with Crippen molar-refractivity contribution in [2.45, 2.75) is 25.3 Å². The van der Waals surface area contributed by atoms with Gasteiger partial charge in [-0.1, -0.05) is 0 Å². The number of nitrogens with one attached hydrogen (secondary N) is 1. The molecule has 1 unspecified atom stereocenters. The average Bonchev–Trinajstić information content (AvgIpc) is 3.00. The van der Waals surface area contributed by atoms with Gasteiger partial charge in [-0.3, -0.25) is 9.69 Å². The van der Waals surface area contributed by atoms with Crippen LogP contribution >= 0.6 is 0 Å². The Labute approximate surface area is 130 Å². The zero-order chi connectivity index (χ0) is 15.5. The van der Waals surface area contributed by atoms with E-state index in [4.69, 9.17) is 5.73 Å². The van der Waals surface area contributed by atoms with E-state index >= 15 is 0 Å². The van der Waals surface area contributed by atoms with Gasteiger partial charge in [0, 0.05) is 43.5 Å². The molecule has 1 aromatic rings. The van der Waals surface area contributed by atoms with Crippen molar-refractivity contribution in [1.29, 1.82) is 0 Å². The number of hydrogen-bond donors (Lipinski definition) is 2. The SMILES string of the molecule is NCC1CCCCN1C(=O)c1ccc(N2CCNC2=O)cc1. The number of carbonyl (C=O) groups is 2. The summed E-state index contributed by atoms with van der Waals surface area (Å²) in [5.41, 5.74) is 7.26. The largest absolute Gasteiger partial charge is 0.336 e. The molecule has 1 atom stereocenters. The summed E-state index contributed by atoms with van der Waals surface area (Å²) < 4.78 is 0. The van der Waals surface area contributed by atoms with Crippen molar-refractivity contribution in [1.82, 2.24) is 10.2 Å². The predicted molar refractivity (Wildman–Crippen MR) is 84.9 cm³/mol. The lowest BCUT2D eigenvalue weighted by molar-refractivity contribution is 0.0623. The molecule has 22 heavy (non-hydrogen) atoms. The molecule has 0 spiro atoms. The Morgan fingerprint density at radius 1 is 1.23 bits per heavy atom. The van der Waals surface area contributed by atoms with Crippen LogP contribution in [0.4, 0.5) is 10.5 Å². The van der Waals surface area contributed by atoms with Crippen molar-refractivity contribution in [3.05, 3.63) is 29.8 Å². The fraction of sp³-hybridized carbons (Fsp3) is 0.500. The number of hydrogen-bond acceptors (Lipinski definition) is 3. The fourth-order valence-corrected chi connectivity index (χ4v) is 3.18. The number of carbonyl (C=O) groups excluding carboxylic acids is 2. The van der Waals surface area contributed by atoms with Crippen LogP contribution in [0.3, 0.4) is 0 Å². The first-order valence-corrected chi connectivity index (χ1v) is 7.87. The van der Waals surface area contributed by atoms with E-state index in [9.17, 15) is 9.59 Å². The molecule has 118 valence electrons. The molecule has 6 nitrogen and oxygen atoms in total. The Balaban J connectivity index is 1.74. The van der Waals surface area contributed by atoms with Gasteiger partial charge in [0.2, 0.25) is 0 Å². The normalized spacial score (nSPS) is 21.9. The fourth-order valence-electron chi connectivity index (χ4n) is 3.18. The first-order valence-electron chi connectivity index (χ1n) is 7.87. The molecular weight excluding hydrogens is 280 g/mol. The Hall–Kier alpha value is -2.08. The molecule has 0 aromatic heterocycles. The number of amides is 3. The van der Waals surface area contributed by atoms with Crippen LogP contribution in [0.1, 0.15) is 29.6 Å². The molecule has 3 N–H and O–H groups in total. The number of likely N-dealkylation sites (tertiary alicyclic amines) is 1. The van der Waals surface area contributed by atoms with E-state index in [1.807, 2.05) is 17.0 Å². The van der Waals surface area contributed by atoms with Gasteiger partial charge in [-0.15, -0.1) is 0 Å². The quantitative estimate of drug-likeness (QED) is 0.879. The highest BCUT2D eigenvalue weighted by atomic mass is 16.2. The lowest BCUT2D eigenvalue weighted by Crippen LogP contribution is -2.47. The minimum atomic E-state index is -0.0849. The first kappa shape index (κ1) is 14.8. The summed E-state index contributed by atoms with van der Waals surface area (Å²) in [7, 11) is 0. The smallest absolute Gasteiger partial charge is 0.321 e. The number of rotatable bonds is 3. The molecule has 2 aliphatic heterocycles. The van der Waals surface area contributed by atoms with Crippen molar-refractivity contribution in [2.75, 3.05) is 31.1 Å². The van der Waals surface area contributed by atoms with Gasteiger partial charge in [-0.25, -0.2) is 4.79 Å². The zero-order valence-electron chi connectivity index (χ0n) is 12.6. The molecule has 2 fully saturated rings. The number of anilines is 1. The summed E-state index contributed by atoms with van der Waals surface area (Å²) in [5.74, 6) is 0.0348. The maximum absolute atomic E-state index is 12.6. The van der Waals surface area contributed by atoms with Crippen LogP contribution in [-0.4, -0.2) is 49.1 Å². The second-order valence-electron chi connectivity index (χ2n) is 5.81. The van der Waals surface area contributed by atoms with Crippen LogP contribution in [0.2, 0.25) is 0 Å². The first-order chi connectivity index (χ1) is 10.7. The van der Waals surface area contributed by atoms with Crippen molar-refractivity contribution in [3.8, 4) is 0 Å². The molecule has 6 heteroatoms. The number of nitrogens with two attached hydrogens (primary N) is 1. The molecule has 2 saturated heterocycles. The van der Waals surface area contributed by atoms with Gasteiger partial charge in [0.05, 0.1) is 0 Å². The molecular formula is C16H22N4O2. The van der Waals surface area contributed by atoms with E-state index in [0.717, 1.165) is 31.5 Å². The van der Waals surface area contributed by atoms with Crippen LogP contribution in [0.5, 0.6) is 0 Å². The number of piperidine rings is 1. The Kier molecular flexibility index (Phi) is 4.29. The summed E-state index contributed by atoms with van der Waals surface area (Å²) >= 11 is 0. The third kappa shape index (κ3) is 2.78. The van der Waals surface area contributed by atoms with Crippen molar-refractivity contribution in [2.24, 2.45) is 5.73 Å². The van der Waals surface area contributed by atoms with Gasteiger partial charge in [0.1, 0.15) is 0 Å². The summed E-state index contributed by atoms with van der Waals surface area (Å²) in [6, 6.07) is 7.32. The predicted octanol–water partition coefficient (Wildman–Crippen LogP) is 1.17. The second-order valence-corrected chi connectivity index (χ2v) is 5.81. The van der Waals surface area contributed by atoms with E-state index in [-0.39, 0.29) is 18.0 Å². The highest BCUT2D eigenvalue weighted by molar-refractivity contribution is 5.97. The van der Waals surface area contributed by atoms with Gasteiger partial charge < -0.3 is 16.0 Å². The van der Waals surface area contributed by atoms with E-state index in [1.165, 1.54) is 0 Å². The molecule has 0 radical (unpaired) electrons. The third-order valence-electron chi connectivity index (χ3n) is 4.44. The van der Waals surface area contributed by atoms with Crippen molar-refractivity contribution < 1.29 is 9.59 Å². The summed E-state index contributed by atoms with van der Waals surface area (Å²) in [4.78, 5) is 27.9. The van der Waals surface area contributed by atoms with Crippen LogP contribution < -0.4 is 16.0 Å². The summed E-state index contributed by atoms with van der Waals surface area (Å²) in [6.07, 6.45) is 3.15. The monoisotopic (exact) mass is 302 g/mol. The standard InChI is InChI=1S/C16H22N4O2/c17-11-14-3-1-2-9-19(14)15(21)12-4-6-13(7-5-12)20-10-8-18-16(20)22/h4-7,14H,1-3,8-11,17H2,(H,18,22). The molecule has 0 saturated carbocycles. The highest BCUT2D eigenvalue weighted by Gasteiger charge is 2.27. The van der Waals surface area contributed by atoms with Crippen LogP contribution in [0.15, 0.2) is 24.3 Å². The maximum Gasteiger partial charge on any atom is 0.321 e. The van der Waals surface area contributed by atoms with E-state index in [0.29, 0.717) is 25.2 Å². The van der Waals surface area contributed by atoms with Crippen molar-refractivity contribution >= 4 is 17.6 Å². The molecule has 2 aliphatic rings. The summed E-state index contributed by atoms with van der Waals surface area (Å²) in [6.45, 7) is 2.60. The van der Waals surface area contributed by atoms with Gasteiger partial charge >= 0.3 is 6.03 Å². The maximum atomic E-state index is 12.6. The molecule has 1 aromatic carbocycles. The van der Waals surface area contributed by atoms with Crippen LogP contribution in [0.25, 0.3) is 0 Å². The van der Waals surface area contributed by atoms with Gasteiger partial charge in [0.15, 0.2) is 0 Å². The minimum Gasteiger partial charge on any atom is -0.336 e. The number of nitrogens with zero attached hydrogens (tertiary/aromatic N) is 2. The van der Waals surface area contributed by atoms with Gasteiger partial charge in [0.25, 0.3) is 5.91 Å². The lowest BCUT2D eigenvalue weighted by atomic mass is 10.0. The molecule has 0 bridgehead atoms. The number of urea groups is 1. The second kappa shape index (κ2) is 6.36.